The molecule has 2 aromatic carbocycles. The van der Waals surface area contributed by atoms with E-state index in [1.165, 1.54) is 6.07 Å². The summed E-state index contributed by atoms with van der Waals surface area (Å²) in [6.45, 7) is 6.63. The zero-order chi connectivity index (χ0) is 26.8. The van der Waals surface area contributed by atoms with E-state index in [2.05, 4.69) is 5.32 Å². The van der Waals surface area contributed by atoms with Crippen LogP contribution in [0, 0.1) is 17.7 Å². The number of hydrogen-bond acceptors (Lipinski definition) is 6. The molecule has 3 aromatic rings. The predicted octanol–water partition coefficient (Wildman–Crippen LogP) is 3.23. The number of rotatable bonds is 6. The Bertz CT molecular complexity index is 1510. The number of carbonyl (C=O) groups excluding carboxylic acids is 1. The van der Waals surface area contributed by atoms with Crippen molar-refractivity contribution in [3.63, 3.8) is 0 Å². The first kappa shape index (κ1) is 24.5. The lowest BCUT2D eigenvalue weighted by atomic mass is 10.2. The van der Waals surface area contributed by atoms with Crippen molar-refractivity contribution in [1.29, 1.82) is 0 Å². The minimum absolute atomic E-state index is 0.00299. The lowest BCUT2D eigenvalue weighted by Gasteiger charge is -2.25. The van der Waals surface area contributed by atoms with E-state index in [0.29, 0.717) is 24.3 Å². The largest absolute Gasteiger partial charge is 0.444 e. The van der Waals surface area contributed by atoms with E-state index in [9.17, 15) is 14.4 Å². The second-order valence-electron chi connectivity index (χ2n) is 11.5. The maximum absolute atomic E-state index is 15.4. The van der Waals surface area contributed by atoms with Gasteiger partial charge < -0.3 is 19.8 Å². The van der Waals surface area contributed by atoms with Gasteiger partial charge in [0.1, 0.15) is 18.0 Å². The summed E-state index contributed by atoms with van der Waals surface area (Å²) in [6, 6.07) is 12.0. The zero-order valence-corrected chi connectivity index (χ0v) is 21.6. The number of fused-ring (bicyclic) bond motifs is 2. The summed E-state index contributed by atoms with van der Waals surface area (Å²) in [5.41, 5.74) is -0.208. The third-order valence-electron chi connectivity index (χ3n) is 7.45. The summed E-state index contributed by atoms with van der Waals surface area (Å²) in [4.78, 5) is 46.3. The van der Waals surface area contributed by atoms with E-state index in [1.54, 1.807) is 10.6 Å². The maximum atomic E-state index is 15.4. The van der Waals surface area contributed by atoms with Gasteiger partial charge in [0.25, 0.3) is 5.56 Å². The highest BCUT2D eigenvalue weighted by atomic mass is 19.1. The van der Waals surface area contributed by atoms with Gasteiger partial charge in [-0.1, -0.05) is 35.1 Å². The highest BCUT2D eigenvalue weighted by Crippen LogP contribution is 2.47. The number of alkyl carbamates (subject to hydrolysis) is 1. The monoisotopic (exact) mass is 522 g/mol. The van der Waals surface area contributed by atoms with Gasteiger partial charge in [-0.15, -0.1) is 0 Å². The van der Waals surface area contributed by atoms with E-state index in [1.807, 2.05) is 56.0 Å². The standard InChI is InChI=1S/C28H31FN4O5/c1-28(2,3)38-26(35)30-24-19-13-31(14-20(19)24)23-12-22-18(11-21(23)29)25(34)33(27(36)32(22)17-9-10-17)37-15-16-7-5-4-6-8-16/h4-8,11-12,17,19-20,24H,9-10,13-15H2,1-3H3,(H,30,35)/t19-,20+,24+. The van der Waals surface area contributed by atoms with Crippen molar-refractivity contribution < 1.29 is 18.8 Å². The molecule has 1 aromatic heterocycles. The smallest absolute Gasteiger partial charge is 0.407 e. The second-order valence-corrected chi connectivity index (χ2v) is 11.5. The SMILES string of the molecule is CC(C)(C)OC(=O)N[C@H]1[C@@H]2CN(c3cc4c(cc3F)c(=O)n(OCc3ccccc3)c(=O)n4C3CC3)C[C@@H]21. The highest BCUT2D eigenvalue weighted by molar-refractivity contribution is 5.83. The van der Waals surface area contributed by atoms with Gasteiger partial charge in [0, 0.05) is 37.0 Å². The topological polar surface area (TPSA) is 94.8 Å². The van der Waals surface area contributed by atoms with Crippen molar-refractivity contribution in [1.82, 2.24) is 14.6 Å². The summed E-state index contributed by atoms with van der Waals surface area (Å²) in [7, 11) is 0. The number of carbonyl (C=O) groups is 1. The Morgan fingerprint density at radius 2 is 1.76 bits per heavy atom. The molecule has 2 heterocycles. The summed E-state index contributed by atoms with van der Waals surface area (Å²) in [5.74, 6) is -0.131. The number of benzene rings is 2. The molecule has 1 amide bonds. The molecule has 3 aliphatic rings. The molecule has 2 saturated carbocycles. The molecule has 2 aliphatic carbocycles. The predicted molar refractivity (Wildman–Crippen MR) is 140 cm³/mol. The summed E-state index contributed by atoms with van der Waals surface area (Å²) >= 11 is 0. The molecule has 0 unspecified atom stereocenters. The van der Waals surface area contributed by atoms with E-state index in [-0.39, 0.29) is 35.9 Å². The first-order chi connectivity index (χ1) is 18.1. The fourth-order valence-corrected chi connectivity index (χ4v) is 5.45. The fraction of sp³-hybridized carbons (Fsp3) is 0.464. The Labute approximate surface area is 218 Å². The Morgan fingerprint density at radius 1 is 1.08 bits per heavy atom. The molecule has 200 valence electrons. The van der Waals surface area contributed by atoms with Crippen LogP contribution in [0.25, 0.3) is 10.9 Å². The molecule has 1 saturated heterocycles. The Hall–Kier alpha value is -3.82. The number of nitrogens with zero attached hydrogens (tertiary/aromatic N) is 3. The molecule has 1 N–H and O–H groups in total. The number of ether oxygens (including phenoxy) is 1. The number of aromatic nitrogens is 2. The molecule has 9 nitrogen and oxygen atoms in total. The van der Waals surface area contributed by atoms with E-state index < -0.39 is 28.8 Å². The van der Waals surface area contributed by atoms with Gasteiger partial charge in [0.15, 0.2) is 0 Å². The number of hydrogen-bond donors (Lipinski definition) is 1. The average Bonchev–Trinajstić information content (AvgIpc) is 3.75. The van der Waals surface area contributed by atoms with E-state index in [4.69, 9.17) is 9.57 Å². The van der Waals surface area contributed by atoms with Crippen LogP contribution in [-0.4, -0.2) is 40.1 Å². The highest BCUT2D eigenvalue weighted by Gasteiger charge is 2.57. The second kappa shape index (κ2) is 8.89. The summed E-state index contributed by atoms with van der Waals surface area (Å²) in [6.07, 6.45) is 1.18. The van der Waals surface area contributed by atoms with Crippen LogP contribution in [0.4, 0.5) is 14.9 Å². The van der Waals surface area contributed by atoms with Crippen LogP contribution < -0.4 is 26.3 Å². The normalized spacial score (nSPS) is 22.3. The Morgan fingerprint density at radius 3 is 2.39 bits per heavy atom. The van der Waals surface area contributed by atoms with Gasteiger partial charge in [-0.05, 0) is 51.3 Å². The fourth-order valence-electron chi connectivity index (χ4n) is 5.45. The van der Waals surface area contributed by atoms with Gasteiger partial charge in [0.2, 0.25) is 0 Å². The molecule has 3 atom stereocenters. The van der Waals surface area contributed by atoms with Crippen LogP contribution in [0.1, 0.15) is 45.2 Å². The number of nitrogens with one attached hydrogen (secondary N) is 1. The molecule has 6 rings (SSSR count). The Kier molecular flexibility index (Phi) is 5.73. The van der Waals surface area contributed by atoms with Crippen LogP contribution in [0.2, 0.25) is 0 Å². The third-order valence-corrected chi connectivity index (χ3v) is 7.45. The molecule has 0 bridgehead atoms. The van der Waals surface area contributed by atoms with Gasteiger partial charge in [-0.2, -0.15) is 0 Å². The average molecular weight is 523 g/mol. The summed E-state index contributed by atoms with van der Waals surface area (Å²) < 4.78 is 23.1. The number of amides is 1. The van der Waals surface area contributed by atoms with Crippen molar-refractivity contribution >= 4 is 22.7 Å². The molecular weight excluding hydrogens is 491 g/mol. The minimum Gasteiger partial charge on any atom is -0.444 e. The third kappa shape index (κ3) is 4.52. The van der Waals surface area contributed by atoms with Crippen LogP contribution in [0.3, 0.4) is 0 Å². The van der Waals surface area contributed by atoms with Crippen molar-refractivity contribution in [3.05, 3.63) is 74.7 Å². The van der Waals surface area contributed by atoms with Gasteiger partial charge in [0.05, 0.1) is 16.6 Å². The van der Waals surface area contributed by atoms with Gasteiger partial charge in [-0.25, -0.2) is 14.0 Å². The maximum Gasteiger partial charge on any atom is 0.407 e. The van der Waals surface area contributed by atoms with Crippen molar-refractivity contribution in [3.8, 4) is 0 Å². The van der Waals surface area contributed by atoms with Crippen molar-refractivity contribution in [2.75, 3.05) is 18.0 Å². The van der Waals surface area contributed by atoms with Crippen molar-refractivity contribution in [2.24, 2.45) is 11.8 Å². The number of anilines is 1. The Balaban J connectivity index is 1.26. The number of piperidine rings is 1. The van der Waals surface area contributed by atoms with Crippen LogP contribution in [-0.2, 0) is 11.3 Å². The summed E-state index contributed by atoms with van der Waals surface area (Å²) in [5, 5.41) is 3.03. The van der Waals surface area contributed by atoms with Gasteiger partial charge >= 0.3 is 11.8 Å². The van der Waals surface area contributed by atoms with Gasteiger partial charge in [-0.3, -0.25) is 9.36 Å². The van der Waals surface area contributed by atoms with Crippen LogP contribution >= 0.6 is 0 Å². The molecular formula is C28H31FN4O5. The van der Waals surface area contributed by atoms with Crippen LogP contribution in [0.15, 0.2) is 52.1 Å². The first-order valence-electron chi connectivity index (χ1n) is 13.0. The zero-order valence-electron chi connectivity index (χ0n) is 21.6. The molecule has 0 radical (unpaired) electrons. The van der Waals surface area contributed by atoms with E-state index >= 15 is 4.39 Å². The molecule has 3 fully saturated rings. The quantitative estimate of drug-likeness (QED) is 0.534. The minimum atomic E-state index is -0.672. The molecule has 0 spiro atoms. The van der Waals surface area contributed by atoms with E-state index in [0.717, 1.165) is 23.1 Å². The van der Waals surface area contributed by atoms with Crippen LogP contribution in [0.5, 0.6) is 0 Å². The first-order valence-corrected chi connectivity index (χ1v) is 13.0. The van der Waals surface area contributed by atoms with Crippen molar-refractivity contribution in [2.45, 2.75) is 57.9 Å². The number of halogens is 1. The molecule has 1 aliphatic heterocycles. The molecule has 10 heteroatoms. The lowest BCUT2D eigenvalue weighted by molar-refractivity contribution is 0.0518. The lowest BCUT2D eigenvalue weighted by Crippen LogP contribution is -2.43. The molecule has 38 heavy (non-hydrogen) atoms.